The zero-order valence-corrected chi connectivity index (χ0v) is 15.4. The van der Waals surface area contributed by atoms with E-state index in [9.17, 15) is 4.79 Å². The van der Waals surface area contributed by atoms with Crippen LogP contribution in [0.4, 0.5) is 0 Å². The number of carbonyl (C=O) groups is 1. The molecule has 0 aliphatic carbocycles. The minimum Gasteiger partial charge on any atom is -0.497 e. The van der Waals surface area contributed by atoms with Gasteiger partial charge in [-0.25, -0.2) is 4.98 Å². The van der Waals surface area contributed by atoms with Crippen molar-refractivity contribution < 1.29 is 14.3 Å². The zero-order chi connectivity index (χ0) is 18.4. The summed E-state index contributed by atoms with van der Waals surface area (Å²) in [7, 11) is 3.20. The maximum absolute atomic E-state index is 12.3. The van der Waals surface area contributed by atoms with Crippen LogP contribution in [0.15, 0.2) is 48.0 Å². The molecule has 2 heterocycles. The van der Waals surface area contributed by atoms with Crippen LogP contribution in [0.3, 0.4) is 0 Å². The van der Waals surface area contributed by atoms with Crippen molar-refractivity contribution in [2.45, 2.75) is 13.0 Å². The summed E-state index contributed by atoms with van der Waals surface area (Å²) in [5.74, 6) is 1.32. The van der Waals surface area contributed by atoms with Crippen LogP contribution in [-0.4, -0.2) is 30.1 Å². The van der Waals surface area contributed by atoms with Crippen LogP contribution in [-0.2, 0) is 17.8 Å². The molecule has 0 unspecified atom stereocenters. The van der Waals surface area contributed by atoms with Gasteiger partial charge in [-0.3, -0.25) is 9.78 Å². The number of nitrogens with one attached hydrogen (secondary N) is 1. The lowest BCUT2D eigenvalue weighted by atomic mass is 10.2. The molecule has 2 aromatic heterocycles. The molecule has 0 radical (unpaired) electrons. The number of rotatable bonds is 7. The van der Waals surface area contributed by atoms with E-state index < -0.39 is 0 Å². The van der Waals surface area contributed by atoms with Crippen LogP contribution in [0.2, 0.25) is 0 Å². The summed E-state index contributed by atoms with van der Waals surface area (Å²) in [6.45, 7) is 0.358. The van der Waals surface area contributed by atoms with Crippen molar-refractivity contribution in [2.75, 3.05) is 14.2 Å². The number of aromatic nitrogens is 2. The first-order chi connectivity index (χ1) is 12.7. The van der Waals surface area contributed by atoms with Crippen molar-refractivity contribution in [3.8, 4) is 22.2 Å². The summed E-state index contributed by atoms with van der Waals surface area (Å²) >= 11 is 1.48. The van der Waals surface area contributed by atoms with Gasteiger partial charge in [-0.1, -0.05) is 6.07 Å². The molecule has 0 saturated heterocycles. The molecule has 0 aliphatic heterocycles. The van der Waals surface area contributed by atoms with Crippen LogP contribution < -0.4 is 14.8 Å². The minimum absolute atomic E-state index is 0.104. The van der Waals surface area contributed by atoms with Gasteiger partial charge >= 0.3 is 0 Å². The topological polar surface area (TPSA) is 73.3 Å². The fraction of sp³-hybridized carbons (Fsp3) is 0.211. The van der Waals surface area contributed by atoms with Gasteiger partial charge in [0.25, 0.3) is 0 Å². The first-order valence-electron chi connectivity index (χ1n) is 8.03. The molecule has 0 spiro atoms. The molecule has 0 saturated carbocycles. The van der Waals surface area contributed by atoms with Gasteiger partial charge in [0.1, 0.15) is 16.5 Å². The lowest BCUT2D eigenvalue weighted by Gasteiger charge is -2.11. The molecule has 0 fully saturated rings. The molecule has 7 heteroatoms. The summed E-state index contributed by atoms with van der Waals surface area (Å²) in [5.41, 5.74) is 2.39. The first-order valence-corrected chi connectivity index (χ1v) is 8.91. The SMILES string of the molecule is COc1ccc(OC)c(CNC(=O)Cc2csc(-c3ccccn3)n2)c1. The first kappa shape index (κ1) is 17.9. The molecule has 0 aliphatic rings. The maximum Gasteiger partial charge on any atom is 0.226 e. The fourth-order valence-corrected chi connectivity index (χ4v) is 3.23. The Morgan fingerprint density at radius 2 is 2.08 bits per heavy atom. The smallest absolute Gasteiger partial charge is 0.226 e. The molecule has 134 valence electrons. The standard InChI is InChI=1S/C19H19N3O3S/c1-24-15-6-7-17(25-2)13(9-15)11-21-18(23)10-14-12-26-19(22-14)16-5-3-4-8-20-16/h3-9,12H,10-11H2,1-2H3,(H,21,23). The van der Waals surface area contributed by atoms with Crippen molar-refractivity contribution in [2.24, 2.45) is 0 Å². The largest absolute Gasteiger partial charge is 0.497 e. The van der Waals surface area contributed by atoms with Crippen molar-refractivity contribution in [1.82, 2.24) is 15.3 Å². The predicted octanol–water partition coefficient (Wildman–Crippen LogP) is 3.08. The van der Waals surface area contributed by atoms with E-state index in [-0.39, 0.29) is 12.3 Å². The molecule has 1 amide bonds. The van der Waals surface area contributed by atoms with Gasteiger partial charge in [0, 0.05) is 23.7 Å². The van der Waals surface area contributed by atoms with Crippen LogP contribution in [0.5, 0.6) is 11.5 Å². The molecule has 26 heavy (non-hydrogen) atoms. The van der Waals surface area contributed by atoms with E-state index in [0.29, 0.717) is 12.3 Å². The Bertz CT molecular complexity index is 881. The second-order valence-electron chi connectivity index (χ2n) is 5.49. The number of nitrogens with zero attached hydrogens (tertiary/aromatic N) is 2. The highest BCUT2D eigenvalue weighted by atomic mass is 32.1. The van der Waals surface area contributed by atoms with E-state index in [0.717, 1.165) is 27.7 Å². The molecule has 1 aromatic carbocycles. The quantitative estimate of drug-likeness (QED) is 0.693. The lowest BCUT2D eigenvalue weighted by Crippen LogP contribution is -2.25. The maximum atomic E-state index is 12.3. The number of ether oxygens (including phenoxy) is 2. The summed E-state index contributed by atoms with van der Waals surface area (Å²) in [4.78, 5) is 21.0. The number of hydrogen-bond donors (Lipinski definition) is 1. The highest BCUT2D eigenvalue weighted by Crippen LogP contribution is 2.24. The van der Waals surface area contributed by atoms with Crippen LogP contribution >= 0.6 is 11.3 Å². The molecule has 3 aromatic rings. The second-order valence-corrected chi connectivity index (χ2v) is 6.35. The Kier molecular flexibility index (Phi) is 5.80. The zero-order valence-electron chi connectivity index (χ0n) is 14.6. The fourth-order valence-electron chi connectivity index (χ4n) is 2.44. The van der Waals surface area contributed by atoms with Crippen molar-refractivity contribution in [1.29, 1.82) is 0 Å². The highest BCUT2D eigenvalue weighted by Gasteiger charge is 2.11. The van der Waals surface area contributed by atoms with Gasteiger partial charge in [-0.2, -0.15) is 0 Å². The van der Waals surface area contributed by atoms with Crippen LogP contribution in [0.1, 0.15) is 11.3 Å². The number of carbonyl (C=O) groups excluding carboxylic acids is 1. The van der Waals surface area contributed by atoms with Gasteiger partial charge in [0.15, 0.2) is 0 Å². The van der Waals surface area contributed by atoms with Crippen LogP contribution in [0, 0.1) is 0 Å². The molecule has 0 atom stereocenters. The summed E-state index contributed by atoms with van der Waals surface area (Å²) in [5, 5.41) is 5.59. The number of hydrogen-bond acceptors (Lipinski definition) is 6. The molecular weight excluding hydrogens is 350 g/mol. The summed E-state index contributed by atoms with van der Waals surface area (Å²) in [6.07, 6.45) is 1.94. The highest BCUT2D eigenvalue weighted by molar-refractivity contribution is 7.13. The van der Waals surface area contributed by atoms with E-state index in [2.05, 4.69) is 15.3 Å². The van der Waals surface area contributed by atoms with E-state index in [4.69, 9.17) is 9.47 Å². The third-order valence-electron chi connectivity index (χ3n) is 3.74. The monoisotopic (exact) mass is 369 g/mol. The van der Waals surface area contributed by atoms with E-state index in [1.807, 2.05) is 41.8 Å². The van der Waals surface area contributed by atoms with Gasteiger partial charge in [-0.05, 0) is 30.3 Å². The van der Waals surface area contributed by atoms with Gasteiger partial charge in [0.05, 0.1) is 32.0 Å². The minimum atomic E-state index is -0.104. The predicted molar refractivity (Wildman–Crippen MR) is 100 cm³/mol. The molecule has 0 bridgehead atoms. The van der Waals surface area contributed by atoms with E-state index >= 15 is 0 Å². The molecule has 3 rings (SSSR count). The van der Waals surface area contributed by atoms with Crippen molar-refractivity contribution in [3.63, 3.8) is 0 Å². The number of thiazole rings is 1. The van der Waals surface area contributed by atoms with Crippen molar-refractivity contribution in [3.05, 3.63) is 59.2 Å². The number of amides is 1. The van der Waals surface area contributed by atoms with Gasteiger partial charge < -0.3 is 14.8 Å². The molecular formula is C19H19N3O3S. The Balaban J connectivity index is 1.61. The average molecular weight is 369 g/mol. The number of benzene rings is 1. The average Bonchev–Trinajstić information content (AvgIpc) is 3.15. The van der Waals surface area contributed by atoms with Crippen molar-refractivity contribution >= 4 is 17.2 Å². The summed E-state index contributed by atoms with van der Waals surface area (Å²) < 4.78 is 10.5. The Labute approximate surface area is 155 Å². The molecule has 6 nitrogen and oxygen atoms in total. The second kappa shape index (κ2) is 8.44. The number of methoxy groups -OCH3 is 2. The Morgan fingerprint density at radius 3 is 2.81 bits per heavy atom. The van der Waals surface area contributed by atoms with Gasteiger partial charge in [0.2, 0.25) is 5.91 Å². The van der Waals surface area contributed by atoms with Crippen LogP contribution in [0.25, 0.3) is 10.7 Å². The Hall–Kier alpha value is -2.93. The van der Waals surface area contributed by atoms with E-state index in [1.54, 1.807) is 20.4 Å². The lowest BCUT2D eigenvalue weighted by molar-refractivity contribution is -0.120. The van der Waals surface area contributed by atoms with Gasteiger partial charge in [-0.15, -0.1) is 11.3 Å². The number of pyridine rings is 1. The third-order valence-corrected chi connectivity index (χ3v) is 4.65. The van der Waals surface area contributed by atoms with E-state index in [1.165, 1.54) is 11.3 Å². The Morgan fingerprint density at radius 1 is 1.19 bits per heavy atom. The molecule has 1 N–H and O–H groups in total. The third kappa shape index (κ3) is 4.37. The summed E-state index contributed by atoms with van der Waals surface area (Å²) in [6, 6.07) is 11.2. The normalized spacial score (nSPS) is 10.4.